The Balaban J connectivity index is 2.96. The topological polar surface area (TPSA) is 44.1 Å². The smallest absolute Gasteiger partial charge is 0.182 e. The molecule has 0 spiro atoms. The van der Waals surface area contributed by atoms with Crippen LogP contribution in [0, 0.1) is 23.0 Å². The lowest BCUT2D eigenvalue weighted by atomic mass is 10.0. The van der Waals surface area contributed by atoms with Crippen LogP contribution in [0.5, 0.6) is 0 Å². The summed E-state index contributed by atoms with van der Waals surface area (Å²) in [5.74, 6) is -1.98. The van der Waals surface area contributed by atoms with Gasteiger partial charge in [0.1, 0.15) is 11.6 Å². The number of hydrogen-bond acceptors (Lipinski definition) is 3. The molecule has 0 fully saturated rings. The highest BCUT2D eigenvalue weighted by Gasteiger charge is 2.26. The number of nitrogens with zero attached hydrogens (tertiary/aromatic N) is 2. The maximum absolute atomic E-state index is 13.6. The summed E-state index contributed by atoms with van der Waals surface area (Å²) >= 11 is 0. The molecule has 108 valence electrons. The molecule has 1 rings (SSSR count). The first-order chi connectivity index (χ1) is 9.38. The minimum absolute atomic E-state index is 0.0470. The Morgan fingerprint density at radius 2 is 2.00 bits per heavy atom. The fourth-order valence-corrected chi connectivity index (χ4v) is 2.14. The molecule has 0 heterocycles. The van der Waals surface area contributed by atoms with Gasteiger partial charge < -0.3 is 0 Å². The van der Waals surface area contributed by atoms with Crippen LogP contribution in [0.15, 0.2) is 18.2 Å². The van der Waals surface area contributed by atoms with Gasteiger partial charge in [0.2, 0.25) is 0 Å². The average Bonchev–Trinajstić information content (AvgIpc) is 2.37. The van der Waals surface area contributed by atoms with E-state index < -0.39 is 23.5 Å². The third kappa shape index (κ3) is 3.84. The van der Waals surface area contributed by atoms with E-state index >= 15 is 0 Å². The Morgan fingerprint density at radius 3 is 2.50 bits per heavy atom. The summed E-state index contributed by atoms with van der Waals surface area (Å²) in [5, 5.41) is 8.65. The van der Waals surface area contributed by atoms with Gasteiger partial charge in [-0.15, -0.1) is 0 Å². The van der Waals surface area contributed by atoms with Crippen LogP contribution in [0.2, 0.25) is 0 Å². The van der Waals surface area contributed by atoms with Crippen LogP contribution >= 0.6 is 0 Å². The first kappa shape index (κ1) is 16.3. The van der Waals surface area contributed by atoms with Gasteiger partial charge in [0.15, 0.2) is 5.78 Å². The van der Waals surface area contributed by atoms with Gasteiger partial charge in [0.05, 0.1) is 17.7 Å². The lowest BCUT2D eigenvalue weighted by molar-refractivity contribution is 0.0789. The summed E-state index contributed by atoms with van der Waals surface area (Å²) in [5.41, 5.74) is -0.124. The molecule has 0 N–H and O–H groups in total. The number of carbonyl (C=O) groups is 1. The van der Waals surface area contributed by atoms with E-state index in [2.05, 4.69) is 0 Å². The Bertz CT molecular complexity index is 523. The third-order valence-electron chi connectivity index (χ3n) is 3.22. The Kier molecular flexibility index (Phi) is 5.78. The van der Waals surface area contributed by atoms with Crippen molar-refractivity contribution in [2.45, 2.75) is 39.3 Å². The van der Waals surface area contributed by atoms with Crippen molar-refractivity contribution in [1.82, 2.24) is 4.90 Å². The number of rotatable bonds is 6. The Morgan fingerprint density at radius 1 is 1.35 bits per heavy atom. The van der Waals surface area contributed by atoms with Gasteiger partial charge in [-0.05, 0) is 32.9 Å². The quantitative estimate of drug-likeness (QED) is 0.752. The number of halogens is 2. The molecule has 0 saturated carbocycles. The fourth-order valence-electron chi connectivity index (χ4n) is 2.14. The molecule has 1 aromatic rings. The summed E-state index contributed by atoms with van der Waals surface area (Å²) in [6.07, 6.45) is 0.293. The van der Waals surface area contributed by atoms with Crippen LogP contribution in [0.4, 0.5) is 8.78 Å². The number of carbonyl (C=O) groups excluding carboxylic acids is 1. The Labute approximate surface area is 117 Å². The molecule has 1 unspecified atom stereocenters. The van der Waals surface area contributed by atoms with E-state index in [1.807, 2.05) is 24.8 Å². The summed E-state index contributed by atoms with van der Waals surface area (Å²) in [6.45, 7) is 5.91. The molecular weight excluding hydrogens is 262 g/mol. The fraction of sp³-hybridized carbons (Fsp3) is 0.467. The second-order valence-corrected chi connectivity index (χ2v) is 4.90. The van der Waals surface area contributed by atoms with Crippen molar-refractivity contribution >= 4 is 5.78 Å². The number of Topliss-reactive ketones (excluding diaryl/α,β-unsaturated/α-hetero) is 1. The van der Waals surface area contributed by atoms with Gasteiger partial charge in [-0.25, -0.2) is 8.78 Å². The second kappa shape index (κ2) is 7.11. The molecule has 0 aliphatic rings. The maximum Gasteiger partial charge on any atom is 0.182 e. The second-order valence-electron chi connectivity index (χ2n) is 4.90. The number of nitriles is 1. The largest absolute Gasteiger partial charge is 0.292 e. The molecule has 0 aromatic heterocycles. The van der Waals surface area contributed by atoms with Gasteiger partial charge >= 0.3 is 0 Å². The molecular formula is C15H18F2N2O. The van der Waals surface area contributed by atoms with E-state index in [1.165, 1.54) is 0 Å². The maximum atomic E-state index is 13.6. The molecule has 3 nitrogen and oxygen atoms in total. The molecule has 1 atom stereocenters. The molecule has 20 heavy (non-hydrogen) atoms. The molecule has 0 bridgehead atoms. The van der Waals surface area contributed by atoms with Crippen LogP contribution in [0.1, 0.15) is 37.6 Å². The molecule has 0 aliphatic heterocycles. The third-order valence-corrected chi connectivity index (χ3v) is 3.22. The van der Waals surface area contributed by atoms with Crippen LogP contribution in [0.3, 0.4) is 0 Å². The highest BCUT2D eigenvalue weighted by molar-refractivity contribution is 6.00. The molecule has 0 radical (unpaired) electrons. The van der Waals surface area contributed by atoms with Gasteiger partial charge in [-0.3, -0.25) is 9.69 Å². The van der Waals surface area contributed by atoms with Crippen LogP contribution in [0.25, 0.3) is 0 Å². The first-order valence-electron chi connectivity index (χ1n) is 6.50. The van der Waals surface area contributed by atoms with Crippen molar-refractivity contribution in [2.75, 3.05) is 6.54 Å². The van der Waals surface area contributed by atoms with Crippen molar-refractivity contribution in [3.8, 4) is 6.07 Å². The lowest BCUT2D eigenvalue weighted by Crippen LogP contribution is -2.44. The van der Waals surface area contributed by atoms with Crippen molar-refractivity contribution in [3.63, 3.8) is 0 Å². The van der Waals surface area contributed by atoms with E-state index in [1.54, 1.807) is 6.92 Å². The first-order valence-corrected chi connectivity index (χ1v) is 6.50. The van der Waals surface area contributed by atoms with Gasteiger partial charge in [-0.1, -0.05) is 0 Å². The lowest BCUT2D eigenvalue weighted by Gasteiger charge is -2.31. The Hall–Kier alpha value is -1.80. The number of benzene rings is 1. The molecule has 5 heteroatoms. The van der Waals surface area contributed by atoms with Gasteiger partial charge in [0, 0.05) is 25.1 Å². The van der Waals surface area contributed by atoms with Crippen molar-refractivity contribution in [1.29, 1.82) is 5.26 Å². The molecule has 0 saturated heterocycles. The molecule has 0 aliphatic carbocycles. The predicted octanol–water partition coefficient (Wildman–Crippen LogP) is 3.16. The van der Waals surface area contributed by atoms with Crippen LogP contribution < -0.4 is 0 Å². The minimum atomic E-state index is -0.856. The standard InChI is InChI=1S/C15H18F2N2O/c1-10(2)19(8-4-7-18)11(3)15(20)13-6-5-12(16)9-14(13)17/h5-6,9-11H,4,8H2,1-3H3. The average molecular weight is 280 g/mol. The highest BCUT2D eigenvalue weighted by atomic mass is 19.1. The van der Waals surface area contributed by atoms with Crippen molar-refractivity contribution in [2.24, 2.45) is 0 Å². The van der Waals surface area contributed by atoms with Crippen molar-refractivity contribution < 1.29 is 13.6 Å². The zero-order valence-electron chi connectivity index (χ0n) is 11.9. The summed E-state index contributed by atoms with van der Waals surface area (Å²) in [6, 6.07) is 4.44. The minimum Gasteiger partial charge on any atom is -0.292 e. The van der Waals surface area contributed by atoms with E-state index in [0.29, 0.717) is 19.0 Å². The molecule has 0 amide bonds. The highest BCUT2D eigenvalue weighted by Crippen LogP contribution is 2.16. The zero-order valence-corrected chi connectivity index (χ0v) is 11.9. The monoisotopic (exact) mass is 280 g/mol. The van der Waals surface area contributed by atoms with Gasteiger partial charge in [-0.2, -0.15) is 5.26 Å². The summed E-state index contributed by atoms with van der Waals surface area (Å²) in [7, 11) is 0. The summed E-state index contributed by atoms with van der Waals surface area (Å²) < 4.78 is 26.5. The number of hydrogen-bond donors (Lipinski definition) is 0. The predicted molar refractivity (Wildman–Crippen MR) is 72.2 cm³/mol. The van der Waals surface area contributed by atoms with Crippen LogP contribution in [-0.4, -0.2) is 29.3 Å². The van der Waals surface area contributed by atoms with E-state index in [9.17, 15) is 13.6 Å². The van der Waals surface area contributed by atoms with Crippen molar-refractivity contribution in [3.05, 3.63) is 35.4 Å². The molecule has 1 aromatic carbocycles. The van der Waals surface area contributed by atoms with E-state index in [4.69, 9.17) is 5.26 Å². The van der Waals surface area contributed by atoms with Crippen LogP contribution in [-0.2, 0) is 0 Å². The van der Waals surface area contributed by atoms with E-state index in [-0.39, 0.29) is 11.6 Å². The normalized spacial score (nSPS) is 12.5. The number of ketones is 1. The zero-order chi connectivity index (χ0) is 15.3. The van der Waals surface area contributed by atoms with Gasteiger partial charge in [0.25, 0.3) is 0 Å². The van der Waals surface area contributed by atoms with E-state index in [0.717, 1.165) is 12.1 Å². The SMILES string of the molecule is CC(C)N(CCC#N)C(C)C(=O)c1ccc(F)cc1F. The summed E-state index contributed by atoms with van der Waals surface area (Å²) in [4.78, 5) is 14.1.